The van der Waals surface area contributed by atoms with E-state index in [2.05, 4.69) is 25.3 Å². The number of aliphatic hydroxyl groups excluding tert-OH is 1. The molecule has 3 N–H and O–H groups in total. The normalized spacial score (nSPS) is 11.9. The molecule has 0 saturated heterocycles. The third-order valence-corrected chi connectivity index (χ3v) is 4.91. The van der Waals surface area contributed by atoms with Gasteiger partial charge in [-0.1, -0.05) is 17.7 Å². The third kappa shape index (κ3) is 5.67. The molecule has 0 aliphatic rings. The number of ether oxygens (including phenoxy) is 1. The van der Waals surface area contributed by atoms with E-state index in [1.54, 1.807) is 30.7 Å². The zero-order chi connectivity index (χ0) is 21.5. The van der Waals surface area contributed by atoms with Crippen molar-refractivity contribution in [2.24, 2.45) is 0 Å². The third-order valence-electron chi connectivity index (χ3n) is 4.68. The minimum absolute atomic E-state index is 0.407. The Labute approximate surface area is 185 Å². The lowest BCUT2D eigenvalue weighted by molar-refractivity contribution is 0.171. The van der Waals surface area contributed by atoms with Crippen LogP contribution in [0.15, 0.2) is 73.3 Å². The highest BCUT2D eigenvalue weighted by Gasteiger charge is 2.08. The van der Waals surface area contributed by atoms with E-state index >= 15 is 0 Å². The Morgan fingerprint density at radius 3 is 2.68 bits per heavy atom. The number of imidazole rings is 1. The van der Waals surface area contributed by atoms with Gasteiger partial charge in [-0.3, -0.25) is 4.98 Å². The molecule has 3 heterocycles. The van der Waals surface area contributed by atoms with Gasteiger partial charge in [-0.25, -0.2) is 9.97 Å². The summed E-state index contributed by atoms with van der Waals surface area (Å²) in [5, 5.41) is 13.7. The van der Waals surface area contributed by atoms with Crippen molar-refractivity contribution >= 4 is 11.6 Å². The number of halogens is 1. The number of nitrogens with one attached hydrogen (secondary N) is 2. The van der Waals surface area contributed by atoms with Crippen molar-refractivity contribution in [3.05, 3.63) is 84.0 Å². The zero-order valence-corrected chi connectivity index (χ0v) is 17.5. The molecule has 4 rings (SSSR count). The van der Waals surface area contributed by atoms with Crippen LogP contribution in [0.2, 0.25) is 5.15 Å². The molecule has 8 heteroatoms. The molecular weight excluding hydrogens is 414 g/mol. The lowest BCUT2D eigenvalue weighted by atomic mass is 10.1. The molecule has 0 amide bonds. The number of aromatic nitrogens is 4. The Kier molecular flexibility index (Phi) is 6.89. The van der Waals surface area contributed by atoms with Crippen molar-refractivity contribution in [1.29, 1.82) is 0 Å². The lowest BCUT2D eigenvalue weighted by Gasteiger charge is -2.12. The van der Waals surface area contributed by atoms with Crippen molar-refractivity contribution in [1.82, 2.24) is 25.3 Å². The molecule has 0 fully saturated rings. The van der Waals surface area contributed by atoms with Gasteiger partial charge in [-0.05, 0) is 42.5 Å². The standard InChI is InChI=1S/C23H22ClN5O2/c24-22-8-5-17(13-27-22)21(30)15-26-10-11-31-19-6-3-16(4-7-19)20-14-28-23(29-20)18-2-1-9-25-12-18/h1-9,12-14,21,26,30H,10-11,15H2,(H,28,29)/t21-/m0/s1. The number of hydrogen-bond donors (Lipinski definition) is 3. The summed E-state index contributed by atoms with van der Waals surface area (Å²) in [6.45, 7) is 1.50. The van der Waals surface area contributed by atoms with Crippen LogP contribution in [0.1, 0.15) is 11.7 Å². The minimum atomic E-state index is -0.644. The van der Waals surface area contributed by atoms with E-state index in [0.717, 1.165) is 34.0 Å². The van der Waals surface area contributed by atoms with Crippen LogP contribution in [-0.2, 0) is 0 Å². The van der Waals surface area contributed by atoms with Crippen LogP contribution < -0.4 is 10.1 Å². The van der Waals surface area contributed by atoms with E-state index in [1.165, 1.54) is 0 Å². The van der Waals surface area contributed by atoms with Gasteiger partial charge in [-0.2, -0.15) is 0 Å². The smallest absolute Gasteiger partial charge is 0.139 e. The summed E-state index contributed by atoms with van der Waals surface area (Å²) >= 11 is 5.76. The largest absolute Gasteiger partial charge is 0.492 e. The quantitative estimate of drug-likeness (QED) is 0.272. The fourth-order valence-electron chi connectivity index (χ4n) is 3.02. The van der Waals surface area contributed by atoms with Gasteiger partial charge in [0.15, 0.2) is 0 Å². The Hall–Kier alpha value is -3.26. The fraction of sp³-hybridized carbons (Fsp3) is 0.174. The van der Waals surface area contributed by atoms with Crippen LogP contribution in [0.3, 0.4) is 0 Å². The predicted molar refractivity (Wildman–Crippen MR) is 120 cm³/mol. The first kappa shape index (κ1) is 21.0. The highest BCUT2D eigenvalue weighted by Crippen LogP contribution is 2.23. The molecule has 158 valence electrons. The van der Waals surface area contributed by atoms with Crippen LogP contribution >= 0.6 is 11.6 Å². The number of pyridine rings is 2. The highest BCUT2D eigenvalue weighted by molar-refractivity contribution is 6.29. The second-order valence-electron chi connectivity index (χ2n) is 6.88. The van der Waals surface area contributed by atoms with Crippen molar-refractivity contribution in [2.45, 2.75) is 6.10 Å². The van der Waals surface area contributed by atoms with E-state index in [1.807, 2.05) is 42.6 Å². The summed E-state index contributed by atoms with van der Waals surface area (Å²) < 4.78 is 5.76. The molecule has 3 aromatic heterocycles. The van der Waals surface area contributed by atoms with Crippen LogP contribution in [0, 0.1) is 0 Å². The zero-order valence-electron chi connectivity index (χ0n) is 16.7. The second kappa shape index (κ2) is 10.2. The number of aromatic amines is 1. The Bertz CT molecular complexity index is 1090. The Morgan fingerprint density at radius 1 is 1.06 bits per heavy atom. The summed E-state index contributed by atoms with van der Waals surface area (Å²) in [5.74, 6) is 1.56. The van der Waals surface area contributed by atoms with Crippen LogP contribution in [-0.4, -0.2) is 44.7 Å². The molecule has 1 aromatic carbocycles. The van der Waals surface area contributed by atoms with E-state index in [-0.39, 0.29) is 0 Å². The molecule has 0 saturated carbocycles. The molecule has 0 bridgehead atoms. The molecule has 7 nitrogen and oxygen atoms in total. The molecular formula is C23H22ClN5O2. The minimum Gasteiger partial charge on any atom is -0.492 e. The Balaban J connectivity index is 1.23. The van der Waals surface area contributed by atoms with E-state index in [9.17, 15) is 5.11 Å². The van der Waals surface area contributed by atoms with E-state index < -0.39 is 6.10 Å². The van der Waals surface area contributed by atoms with Crippen molar-refractivity contribution < 1.29 is 9.84 Å². The van der Waals surface area contributed by atoms with Crippen LogP contribution in [0.5, 0.6) is 5.75 Å². The first-order chi connectivity index (χ1) is 15.2. The van der Waals surface area contributed by atoms with Gasteiger partial charge < -0.3 is 20.1 Å². The number of benzene rings is 1. The second-order valence-corrected chi connectivity index (χ2v) is 7.27. The van der Waals surface area contributed by atoms with Gasteiger partial charge in [0.1, 0.15) is 23.3 Å². The molecule has 1 atom stereocenters. The van der Waals surface area contributed by atoms with Crippen LogP contribution in [0.4, 0.5) is 0 Å². The number of aliphatic hydroxyl groups is 1. The van der Waals surface area contributed by atoms with Gasteiger partial charge in [0.25, 0.3) is 0 Å². The maximum atomic E-state index is 10.1. The molecule has 0 radical (unpaired) electrons. The molecule has 4 aromatic rings. The average Bonchev–Trinajstić information content (AvgIpc) is 3.30. The predicted octanol–water partition coefficient (Wildman–Crippen LogP) is 3.89. The number of H-pyrrole nitrogens is 1. The topological polar surface area (TPSA) is 95.9 Å². The summed E-state index contributed by atoms with van der Waals surface area (Å²) in [4.78, 5) is 15.9. The number of hydrogen-bond acceptors (Lipinski definition) is 6. The highest BCUT2D eigenvalue weighted by atomic mass is 35.5. The van der Waals surface area contributed by atoms with Gasteiger partial charge in [0, 0.05) is 54.6 Å². The molecule has 0 spiro atoms. The van der Waals surface area contributed by atoms with Crippen molar-refractivity contribution in [3.8, 4) is 28.4 Å². The first-order valence-electron chi connectivity index (χ1n) is 9.88. The fourth-order valence-corrected chi connectivity index (χ4v) is 3.14. The average molecular weight is 436 g/mol. The maximum absolute atomic E-state index is 10.1. The summed E-state index contributed by atoms with van der Waals surface area (Å²) in [7, 11) is 0. The van der Waals surface area contributed by atoms with Gasteiger partial charge in [-0.15, -0.1) is 0 Å². The summed E-state index contributed by atoms with van der Waals surface area (Å²) in [6.07, 6.45) is 6.32. The maximum Gasteiger partial charge on any atom is 0.139 e. The van der Waals surface area contributed by atoms with Crippen LogP contribution in [0.25, 0.3) is 22.6 Å². The van der Waals surface area contributed by atoms with Gasteiger partial charge >= 0.3 is 0 Å². The molecule has 0 aliphatic heterocycles. The Morgan fingerprint density at radius 2 is 1.94 bits per heavy atom. The van der Waals surface area contributed by atoms with Crippen molar-refractivity contribution in [2.75, 3.05) is 19.7 Å². The summed E-state index contributed by atoms with van der Waals surface area (Å²) in [6, 6.07) is 15.1. The lowest BCUT2D eigenvalue weighted by Crippen LogP contribution is -2.26. The van der Waals surface area contributed by atoms with E-state index in [0.29, 0.717) is 24.8 Å². The van der Waals surface area contributed by atoms with E-state index in [4.69, 9.17) is 16.3 Å². The van der Waals surface area contributed by atoms with Crippen molar-refractivity contribution in [3.63, 3.8) is 0 Å². The summed E-state index contributed by atoms with van der Waals surface area (Å²) in [5.41, 5.74) is 3.52. The monoisotopic (exact) mass is 435 g/mol. The molecule has 0 unspecified atom stereocenters. The van der Waals surface area contributed by atoms with Gasteiger partial charge in [0.05, 0.1) is 11.8 Å². The molecule has 0 aliphatic carbocycles. The number of rotatable bonds is 9. The molecule has 31 heavy (non-hydrogen) atoms. The SMILES string of the molecule is O[C@@H](CNCCOc1ccc(-c2c[nH]c(-c3cccnc3)n2)cc1)c1ccc(Cl)nc1. The van der Waals surface area contributed by atoms with Gasteiger partial charge in [0.2, 0.25) is 0 Å². The number of nitrogens with zero attached hydrogens (tertiary/aromatic N) is 3. The first-order valence-corrected chi connectivity index (χ1v) is 10.3.